The second-order valence-electron chi connectivity index (χ2n) is 3.82. The number of hydrogen-bond donors (Lipinski definition) is 3. The molecular weight excluding hydrogens is 217 g/mol. The zero-order valence-electron chi connectivity index (χ0n) is 8.92. The average molecular weight is 227 g/mol. The fourth-order valence-corrected chi connectivity index (χ4v) is 2.02. The first-order chi connectivity index (χ1) is 8.24. The van der Waals surface area contributed by atoms with E-state index in [1.54, 1.807) is 12.1 Å². The van der Waals surface area contributed by atoms with Crippen LogP contribution in [0.5, 0.6) is 5.75 Å². The van der Waals surface area contributed by atoms with Gasteiger partial charge in [0.2, 0.25) is 0 Å². The molecule has 1 aromatic heterocycles. The van der Waals surface area contributed by atoms with E-state index in [1.807, 2.05) is 30.3 Å². The number of benzene rings is 2. The summed E-state index contributed by atoms with van der Waals surface area (Å²) >= 11 is 0. The van der Waals surface area contributed by atoms with Gasteiger partial charge in [0.1, 0.15) is 5.75 Å². The normalized spacial score (nSPS) is 10.9. The minimum absolute atomic E-state index is 0.428. The molecule has 3 N–H and O–H groups in total. The topological polar surface area (TPSA) is 65.5 Å². The number of aromatic nitrogens is 1. The summed E-state index contributed by atoms with van der Waals surface area (Å²) in [5.41, 5.74) is 2.04. The average Bonchev–Trinajstić information content (AvgIpc) is 2.66. The zero-order chi connectivity index (χ0) is 11.8. The van der Waals surface area contributed by atoms with Gasteiger partial charge < -0.3 is 19.7 Å². The smallest absolute Gasteiger partial charge is 0.512 e. The lowest BCUT2D eigenvalue weighted by molar-refractivity contribution is 0.288. The van der Waals surface area contributed by atoms with Crippen LogP contribution in [0.25, 0.3) is 21.8 Å². The first kappa shape index (κ1) is 10.2. The standard InChI is InChI=1S/C12H10BNO3/c15-13(16)17-8-5-6-12-10(7-8)9-3-1-2-4-11(9)14-12/h1-7,14-16H. The molecule has 0 aliphatic heterocycles. The van der Waals surface area contributed by atoms with E-state index in [2.05, 4.69) is 4.98 Å². The van der Waals surface area contributed by atoms with E-state index < -0.39 is 7.32 Å². The minimum Gasteiger partial charge on any atom is -0.512 e. The Labute approximate surface area is 97.6 Å². The van der Waals surface area contributed by atoms with Gasteiger partial charge in [-0.15, -0.1) is 0 Å². The summed E-state index contributed by atoms with van der Waals surface area (Å²) in [4.78, 5) is 3.28. The molecule has 1 heterocycles. The fourth-order valence-electron chi connectivity index (χ4n) is 2.02. The van der Waals surface area contributed by atoms with Crippen LogP contribution in [-0.2, 0) is 0 Å². The van der Waals surface area contributed by atoms with Crippen LogP contribution in [-0.4, -0.2) is 22.4 Å². The molecule has 4 nitrogen and oxygen atoms in total. The Balaban J connectivity index is 2.23. The van der Waals surface area contributed by atoms with Crippen molar-refractivity contribution in [1.82, 2.24) is 4.98 Å². The van der Waals surface area contributed by atoms with Crippen molar-refractivity contribution in [2.45, 2.75) is 0 Å². The van der Waals surface area contributed by atoms with Crippen molar-refractivity contribution in [3.05, 3.63) is 42.5 Å². The molecule has 3 aromatic rings. The summed E-state index contributed by atoms with van der Waals surface area (Å²) in [5.74, 6) is 0.428. The molecule has 0 aliphatic carbocycles. The molecule has 17 heavy (non-hydrogen) atoms. The van der Waals surface area contributed by atoms with E-state index in [0.29, 0.717) is 5.75 Å². The molecule has 3 rings (SSSR count). The van der Waals surface area contributed by atoms with Crippen molar-refractivity contribution in [2.24, 2.45) is 0 Å². The van der Waals surface area contributed by atoms with Gasteiger partial charge in [-0.3, -0.25) is 0 Å². The fraction of sp³-hybridized carbons (Fsp3) is 0. The van der Waals surface area contributed by atoms with Gasteiger partial charge in [0.25, 0.3) is 0 Å². The monoisotopic (exact) mass is 227 g/mol. The molecule has 84 valence electrons. The lowest BCUT2D eigenvalue weighted by Crippen LogP contribution is -2.20. The SMILES string of the molecule is OB(O)Oc1ccc2[nH]c3ccccc3c2c1. The Morgan fingerprint density at radius 1 is 0.941 bits per heavy atom. The minimum atomic E-state index is -1.79. The predicted octanol–water partition coefficient (Wildman–Crippen LogP) is 1.67. The third kappa shape index (κ3) is 1.75. The maximum atomic E-state index is 8.77. The Bertz CT molecular complexity index is 678. The van der Waals surface area contributed by atoms with Gasteiger partial charge in [0, 0.05) is 21.8 Å². The summed E-state index contributed by atoms with van der Waals surface area (Å²) in [5, 5.41) is 19.6. The quantitative estimate of drug-likeness (QED) is 0.583. The Morgan fingerprint density at radius 3 is 2.53 bits per heavy atom. The maximum absolute atomic E-state index is 8.77. The van der Waals surface area contributed by atoms with Crippen LogP contribution in [0.15, 0.2) is 42.5 Å². The summed E-state index contributed by atoms with van der Waals surface area (Å²) < 4.78 is 4.84. The predicted molar refractivity (Wildman–Crippen MR) is 66.6 cm³/mol. The Kier molecular flexibility index (Phi) is 2.28. The van der Waals surface area contributed by atoms with Crippen LogP contribution < -0.4 is 4.65 Å². The highest BCUT2D eigenvalue weighted by Gasteiger charge is 2.12. The van der Waals surface area contributed by atoms with Crippen LogP contribution in [0.4, 0.5) is 0 Å². The first-order valence-corrected chi connectivity index (χ1v) is 5.27. The van der Waals surface area contributed by atoms with Gasteiger partial charge >= 0.3 is 7.32 Å². The van der Waals surface area contributed by atoms with Crippen LogP contribution >= 0.6 is 0 Å². The highest BCUT2D eigenvalue weighted by Crippen LogP contribution is 2.28. The van der Waals surface area contributed by atoms with Crippen LogP contribution in [0.1, 0.15) is 0 Å². The molecule has 0 spiro atoms. The molecule has 0 unspecified atom stereocenters. The second kappa shape index (κ2) is 3.80. The molecule has 0 amide bonds. The van der Waals surface area contributed by atoms with Gasteiger partial charge in [0.15, 0.2) is 0 Å². The van der Waals surface area contributed by atoms with Crippen molar-refractivity contribution < 1.29 is 14.7 Å². The second-order valence-corrected chi connectivity index (χ2v) is 3.82. The highest BCUT2D eigenvalue weighted by molar-refractivity contribution is 6.33. The molecule has 5 heteroatoms. The number of H-pyrrole nitrogens is 1. The van der Waals surface area contributed by atoms with Crippen molar-refractivity contribution in [3.63, 3.8) is 0 Å². The Hall–Kier alpha value is -1.98. The van der Waals surface area contributed by atoms with Crippen LogP contribution in [0.3, 0.4) is 0 Å². The number of para-hydroxylation sites is 1. The van der Waals surface area contributed by atoms with E-state index in [-0.39, 0.29) is 0 Å². The molecule has 0 fully saturated rings. The number of aromatic amines is 1. The van der Waals surface area contributed by atoms with Crippen molar-refractivity contribution in [2.75, 3.05) is 0 Å². The van der Waals surface area contributed by atoms with Crippen molar-refractivity contribution in [1.29, 1.82) is 0 Å². The van der Waals surface area contributed by atoms with Gasteiger partial charge in [-0.2, -0.15) is 0 Å². The zero-order valence-corrected chi connectivity index (χ0v) is 8.92. The first-order valence-electron chi connectivity index (χ1n) is 5.27. The van der Waals surface area contributed by atoms with Gasteiger partial charge in [-0.05, 0) is 24.3 Å². The van der Waals surface area contributed by atoms with E-state index >= 15 is 0 Å². The van der Waals surface area contributed by atoms with E-state index in [4.69, 9.17) is 14.7 Å². The largest absolute Gasteiger partial charge is 0.707 e. The third-order valence-corrected chi connectivity index (χ3v) is 2.72. The van der Waals surface area contributed by atoms with Gasteiger partial charge in [-0.25, -0.2) is 0 Å². The maximum Gasteiger partial charge on any atom is 0.707 e. The van der Waals surface area contributed by atoms with Gasteiger partial charge in [-0.1, -0.05) is 18.2 Å². The van der Waals surface area contributed by atoms with E-state index in [9.17, 15) is 0 Å². The molecule has 0 aliphatic rings. The Morgan fingerprint density at radius 2 is 1.71 bits per heavy atom. The molecule has 0 saturated heterocycles. The molecule has 0 saturated carbocycles. The van der Waals surface area contributed by atoms with E-state index in [0.717, 1.165) is 21.8 Å². The summed E-state index contributed by atoms with van der Waals surface area (Å²) in [6, 6.07) is 13.3. The molecular formula is C12H10BNO3. The molecule has 2 aromatic carbocycles. The molecule has 0 radical (unpaired) electrons. The lowest BCUT2D eigenvalue weighted by Gasteiger charge is -2.03. The van der Waals surface area contributed by atoms with Crippen molar-refractivity contribution in [3.8, 4) is 5.75 Å². The lowest BCUT2D eigenvalue weighted by atomic mass is 10.1. The highest BCUT2D eigenvalue weighted by atomic mass is 16.6. The van der Waals surface area contributed by atoms with Crippen molar-refractivity contribution >= 4 is 29.1 Å². The van der Waals surface area contributed by atoms with Crippen LogP contribution in [0, 0.1) is 0 Å². The number of fused-ring (bicyclic) bond motifs is 3. The van der Waals surface area contributed by atoms with E-state index in [1.165, 1.54) is 0 Å². The van der Waals surface area contributed by atoms with Crippen LogP contribution in [0.2, 0.25) is 0 Å². The van der Waals surface area contributed by atoms with Gasteiger partial charge in [0.05, 0.1) is 0 Å². The number of hydrogen-bond acceptors (Lipinski definition) is 3. The number of rotatable bonds is 2. The third-order valence-electron chi connectivity index (χ3n) is 2.72. The summed E-state index contributed by atoms with van der Waals surface area (Å²) in [6.45, 7) is 0. The summed E-state index contributed by atoms with van der Waals surface area (Å²) in [7, 11) is -1.79. The summed E-state index contributed by atoms with van der Waals surface area (Å²) in [6.07, 6.45) is 0. The molecule has 0 atom stereocenters. The molecule has 0 bridgehead atoms. The number of nitrogens with one attached hydrogen (secondary N) is 1.